The first kappa shape index (κ1) is 21.2. The van der Waals surface area contributed by atoms with E-state index in [0.717, 1.165) is 0 Å². The molecule has 0 spiro atoms. The average molecular weight is 237 g/mol. The zero-order chi connectivity index (χ0) is 15.6. The maximum atomic E-state index is 8.45. The van der Waals surface area contributed by atoms with Crippen LogP contribution in [0, 0.1) is 0 Å². The van der Waals surface area contributed by atoms with Gasteiger partial charge in [-0.2, -0.15) is 0 Å². The van der Waals surface area contributed by atoms with Gasteiger partial charge in [0, 0.05) is 89.0 Å². The van der Waals surface area contributed by atoms with Gasteiger partial charge >= 0.3 is 0 Å². The molecule has 19 heavy (non-hydrogen) atoms. The van der Waals surface area contributed by atoms with Crippen LogP contribution in [0.2, 0.25) is 0 Å². The molecule has 0 aliphatic heterocycles. The van der Waals surface area contributed by atoms with Crippen LogP contribution in [0.15, 0.2) is 5.11 Å². The van der Waals surface area contributed by atoms with E-state index in [2.05, 4.69) is 10.0 Å². The molecule has 0 saturated heterocycles. The van der Waals surface area contributed by atoms with Crippen molar-refractivity contribution in [2.24, 2.45) is 5.11 Å². The number of hydrogen-bond donors (Lipinski definition) is 1. The van der Waals surface area contributed by atoms with Crippen molar-refractivity contribution in [2.75, 3.05) is 6.61 Å². The Morgan fingerprint density at radius 3 is 1.58 bits per heavy atom. The fourth-order valence-electron chi connectivity index (χ4n) is 1.21. The van der Waals surface area contributed by atoms with E-state index in [1.165, 1.54) is 0 Å². The minimum Gasteiger partial charge on any atom is -0.396 e. The smallest absolute Gasteiger partial charge is 0.0453 e. The van der Waals surface area contributed by atoms with Crippen molar-refractivity contribution in [1.82, 2.24) is 0 Å². The van der Waals surface area contributed by atoms with Gasteiger partial charge in [0.2, 0.25) is 0 Å². The van der Waals surface area contributed by atoms with Gasteiger partial charge in [0.25, 0.3) is 0 Å². The average Bonchev–Trinajstić information content (AvgIpc) is 2.15. The van der Waals surface area contributed by atoms with Crippen molar-refractivity contribution < 1.29 is 5.11 Å². The Kier molecular flexibility index (Phi) is 11.9. The molecule has 1 N–H and O–H groups in total. The molecule has 0 amide bonds. The summed E-state index contributed by atoms with van der Waals surface area (Å²) in [6.45, 7) is 3.62. The van der Waals surface area contributed by atoms with Gasteiger partial charge in [-0.1, -0.05) is 19.0 Å². The van der Waals surface area contributed by atoms with E-state index in [4.69, 9.17) is 57.1 Å². The van der Waals surface area contributed by atoms with Crippen molar-refractivity contribution in [1.29, 1.82) is 0 Å². The number of aliphatic hydroxyl groups excluding tert-OH is 1. The Morgan fingerprint density at radius 1 is 1.05 bits per heavy atom. The largest absolute Gasteiger partial charge is 0.396 e. The molecule has 0 aliphatic rings. The van der Waals surface area contributed by atoms with Gasteiger partial charge in [0.15, 0.2) is 0 Å². The predicted octanol–water partition coefficient (Wildman–Crippen LogP) is -2.35. The van der Waals surface area contributed by atoms with Gasteiger partial charge in [0.1, 0.15) is 0 Å². The van der Waals surface area contributed by atoms with Gasteiger partial charge < -0.3 is 5.11 Å². The van der Waals surface area contributed by atoms with Gasteiger partial charge in [-0.05, 0) is 12.0 Å². The highest BCUT2D eigenvalue weighted by atomic mass is 16.3. The van der Waals surface area contributed by atoms with Crippen molar-refractivity contribution in [3.63, 3.8) is 0 Å². The summed E-state index contributed by atoms with van der Waals surface area (Å²) in [5.41, 5.74) is 7.56. The molecule has 0 aromatic carbocycles. The van der Waals surface area contributed by atoms with E-state index in [9.17, 15) is 0 Å². The van der Waals surface area contributed by atoms with E-state index < -0.39 is 31.1 Å². The standard InChI is InChI=1S/C5H11N3O.B10/c1-5(2,3-4-9)7-8-6;1-7(2)10(8(3)4)9(5)6/h9H,3-4H2,1-2H3;. The maximum Gasteiger partial charge on any atom is 0.0453 e. The molecule has 0 aromatic heterocycles. The Balaban J connectivity index is 0. The van der Waals surface area contributed by atoms with Gasteiger partial charge in [0.05, 0.1) is 0 Å². The molecule has 82 valence electrons. The summed E-state index contributed by atoms with van der Waals surface area (Å²) in [6.07, 6.45) is -1.93. The van der Waals surface area contributed by atoms with Crippen LogP contribution in [0.25, 0.3) is 10.4 Å². The molecule has 4 nitrogen and oxygen atoms in total. The molecule has 0 bridgehead atoms. The fraction of sp³-hybridized carbons (Fsp3) is 1.00. The van der Waals surface area contributed by atoms with Gasteiger partial charge in [-0.15, -0.1) is 0 Å². The van der Waals surface area contributed by atoms with Gasteiger partial charge in [-0.3, -0.25) is 0 Å². The molecule has 0 aromatic rings. The molecule has 0 unspecified atom stereocenters. The third-order valence-electron chi connectivity index (χ3n) is 2.37. The molecule has 0 atom stereocenters. The predicted molar refractivity (Wildman–Crippen MR) is 92.5 cm³/mol. The zero-order valence-electron chi connectivity index (χ0n) is 11.5. The highest BCUT2D eigenvalue weighted by Crippen LogP contribution is 2.12. The SMILES string of the molecule is CC(C)(CCO)N=[N+]=[N-].[B]B([B])B(B([B])[B])B([B])[B]. The summed E-state index contributed by atoms with van der Waals surface area (Å²) in [5, 5.41) is 11.9. The highest BCUT2D eigenvalue weighted by Gasteiger charge is 2.24. The van der Waals surface area contributed by atoms with Crippen LogP contribution in [0.3, 0.4) is 0 Å². The Bertz CT molecular complexity index is 261. The van der Waals surface area contributed by atoms with Crippen molar-refractivity contribution >= 4 is 72.0 Å². The maximum absolute atomic E-state index is 8.45. The second-order valence-electron chi connectivity index (χ2n) is 4.78. The summed E-state index contributed by atoms with van der Waals surface area (Å²) < 4.78 is 0. The topological polar surface area (TPSA) is 69.0 Å². The van der Waals surface area contributed by atoms with Crippen molar-refractivity contribution in [3.05, 3.63) is 10.4 Å². The Hall–Kier alpha value is -0.0806. The first-order valence-corrected chi connectivity index (χ1v) is 5.79. The minimum atomic E-state index is -0.667. The summed E-state index contributed by atoms with van der Waals surface area (Å²) in [6, 6.07) is 0. The normalized spacial score (nSPS) is 9.42. The molecule has 14 heteroatoms. The molecule has 0 heterocycles. The lowest BCUT2D eigenvalue weighted by molar-refractivity contribution is 0.254. The first-order valence-electron chi connectivity index (χ1n) is 5.79. The van der Waals surface area contributed by atoms with E-state index in [1.54, 1.807) is 13.8 Å². The van der Waals surface area contributed by atoms with Crippen LogP contribution in [0.4, 0.5) is 0 Å². The van der Waals surface area contributed by atoms with Crippen LogP contribution < -0.4 is 0 Å². The van der Waals surface area contributed by atoms with Crippen LogP contribution >= 0.6 is 0 Å². The second kappa shape index (κ2) is 10.7. The monoisotopic (exact) mass is 239 g/mol. The molecule has 0 rings (SSSR count). The van der Waals surface area contributed by atoms with Crippen LogP contribution in [-0.4, -0.2) is 89.2 Å². The zero-order valence-corrected chi connectivity index (χ0v) is 11.5. The van der Waals surface area contributed by atoms with E-state index in [0.29, 0.717) is 6.42 Å². The van der Waals surface area contributed by atoms with E-state index >= 15 is 0 Å². The lowest BCUT2D eigenvalue weighted by atomic mass is 8.58. The Morgan fingerprint density at radius 2 is 1.42 bits per heavy atom. The summed E-state index contributed by atoms with van der Waals surface area (Å²) >= 11 is 0. The van der Waals surface area contributed by atoms with Crippen LogP contribution in [-0.2, 0) is 0 Å². The van der Waals surface area contributed by atoms with Crippen LogP contribution in [0.1, 0.15) is 20.3 Å². The molecule has 0 fully saturated rings. The van der Waals surface area contributed by atoms with Crippen molar-refractivity contribution in [2.45, 2.75) is 25.8 Å². The summed E-state index contributed by atoms with van der Waals surface area (Å²) in [5.74, 6) is 0. The highest BCUT2D eigenvalue weighted by molar-refractivity contribution is 8.00. The van der Waals surface area contributed by atoms with Gasteiger partial charge in [-0.25, -0.2) is 0 Å². The summed E-state index contributed by atoms with van der Waals surface area (Å²) in [4.78, 5) is 2.64. The molecular formula is C5H11B10N3O. The lowest BCUT2D eigenvalue weighted by Gasteiger charge is -2.23. The third-order valence-corrected chi connectivity index (χ3v) is 2.37. The third kappa shape index (κ3) is 11.4. The second-order valence-corrected chi connectivity index (χ2v) is 4.78. The Labute approximate surface area is 125 Å². The number of hydrogen-bond acceptors (Lipinski definition) is 2. The number of rotatable bonds is 6. The number of nitrogens with zero attached hydrogens (tertiary/aromatic N) is 3. The number of azide groups is 1. The minimum absolute atomic E-state index is 0.0615. The van der Waals surface area contributed by atoms with Crippen LogP contribution in [0.5, 0.6) is 0 Å². The molecular weight excluding hydrogens is 226 g/mol. The fourth-order valence-corrected chi connectivity index (χ4v) is 1.21. The quantitative estimate of drug-likeness (QED) is 0.239. The first-order chi connectivity index (χ1) is 8.59. The number of aliphatic hydroxyl groups is 1. The molecule has 0 aliphatic carbocycles. The molecule has 0 saturated carbocycles. The van der Waals surface area contributed by atoms with E-state index in [-0.39, 0.29) is 6.61 Å². The molecule has 12 radical (unpaired) electrons. The lowest BCUT2D eigenvalue weighted by Crippen LogP contribution is -2.62. The van der Waals surface area contributed by atoms with Crippen molar-refractivity contribution in [3.8, 4) is 0 Å². The summed E-state index contributed by atoms with van der Waals surface area (Å²) in [7, 11) is 31.8. The van der Waals surface area contributed by atoms with E-state index in [1.807, 2.05) is 0 Å².